The standard InChI is InChI=1S/C14H12N2O3S/c1-8(14(17)18-2)20-13-12-11(15-7-16-13)9-5-3-4-6-10(9)19-12/h3-8H,1-2H3/t8-/m1/s1. The Kier molecular flexibility index (Phi) is 3.31. The second-order valence-corrected chi connectivity index (χ2v) is 5.57. The molecule has 102 valence electrons. The van der Waals surface area contributed by atoms with Crippen LogP contribution >= 0.6 is 11.8 Å². The number of rotatable bonds is 3. The largest absolute Gasteiger partial charge is 0.468 e. The number of carbonyl (C=O) groups is 1. The molecule has 0 spiro atoms. The fourth-order valence-corrected chi connectivity index (χ4v) is 2.85. The highest BCUT2D eigenvalue weighted by molar-refractivity contribution is 8.00. The first-order valence-corrected chi connectivity index (χ1v) is 6.95. The first-order valence-electron chi connectivity index (χ1n) is 6.07. The molecule has 20 heavy (non-hydrogen) atoms. The molecule has 0 fully saturated rings. The predicted molar refractivity (Wildman–Crippen MR) is 76.6 cm³/mol. The maximum Gasteiger partial charge on any atom is 0.318 e. The summed E-state index contributed by atoms with van der Waals surface area (Å²) < 4.78 is 10.5. The van der Waals surface area contributed by atoms with Crippen LogP contribution in [0.2, 0.25) is 0 Å². The second kappa shape index (κ2) is 5.13. The lowest BCUT2D eigenvalue weighted by atomic mass is 10.2. The Balaban J connectivity index is 2.10. The van der Waals surface area contributed by atoms with Gasteiger partial charge in [-0.15, -0.1) is 0 Å². The average molecular weight is 288 g/mol. The maximum atomic E-state index is 11.5. The third kappa shape index (κ3) is 2.12. The van der Waals surface area contributed by atoms with Gasteiger partial charge in [-0.25, -0.2) is 9.97 Å². The van der Waals surface area contributed by atoms with E-state index in [0.717, 1.165) is 16.5 Å². The van der Waals surface area contributed by atoms with E-state index in [1.165, 1.54) is 25.2 Å². The van der Waals surface area contributed by atoms with Crippen LogP contribution in [0.1, 0.15) is 6.92 Å². The van der Waals surface area contributed by atoms with Gasteiger partial charge in [0.2, 0.25) is 0 Å². The molecule has 0 amide bonds. The Labute approximate surface area is 119 Å². The topological polar surface area (TPSA) is 65.2 Å². The molecule has 5 nitrogen and oxygen atoms in total. The molecule has 0 aliphatic carbocycles. The first-order chi connectivity index (χ1) is 9.70. The van der Waals surface area contributed by atoms with E-state index in [1.807, 2.05) is 24.3 Å². The SMILES string of the molecule is COC(=O)[C@@H](C)Sc1ncnc2c1oc1ccccc12. The van der Waals surface area contributed by atoms with Gasteiger partial charge in [0.25, 0.3) is 0 Å². The van der Waals surface area contributed by atoms with E-state index in [9.17, 15) is 4.79 Å². The number of nitrogens with zero attached hydrogens (tertiary/aromatic N) is 2. The van der Waals surface area contributed by atoms with Crippen molar-refractivity contribution in [3.63, 3.8) is 0 Å². The van der Waals surface area contributed by atoms with E-state index >= 15 is 0 Å². The van der Waals surface area contributed by atoms with Gasteiger partial charge in [0.1, 0.15) is 27.7 Å². The van der Waals surface area contributed by atoms with E-state index in [4.69, 9.17) is 9.15 Å². The molecule has 2 aromatic heterocycles. The predicted octanol–water partition coefficient (Wildman–Crippen LogP) is 3.03. The molecule has 0 N–H and O–H groups in total. The normalized spacial score (nSPS) is 12.7. The number of hydrogen-bond donors (Lipinski definition) is 0. The summed E-state index contributed by atoms with van der Waals surface area (Å²) in [4.78, 5) is 20.0. The molecule has 0 aliphatic rings. The number of carbonyl (C=O) groups excluding carboxylic acids is 1. The summed E-state index contributed by atoms with van der Waals surface area (Å²) in [6, 6.07) is 7.67. The molecule has 3 rings (SSSR count). The van der Waals surface area contributed by atoms with E-state index in [-0.39, 0.29) is 11.2 Å². The number of aromatic nitrogens is 2. The average Bonchev–Trinajstić information content (AvgIpc) is 2.86. The Morgan fingerprint density at radius 3 is 2.95 bits per heavy atom. The minimum atomic E-state index is -0.355. The first kappa shape index (κ1) is 12.9. The highest BCUT2D eigenvalue weighted by Crippen LogP contribution is 2.34. The van der Waals surface area contributed by atoms with Crippen LogP contribution in [0.5, 0.6) is 0 Å². The summed E-state index contributed by atoms with van der Waals surface area (Å²) in [6.07, 6.45) is 1.48. The zero-order valence-corrected chi connectivity index (χ0v) is 11.8. The monoisotopic (exact) mass is 288 g/mol. The minimum Gasteiger partial charge on any atom is -0.468 e. The number of benzene rings is 1. The number of esters is 1. The van der Waals surface area contributed by atoms with E-state index in [2.05, 4.69) is 9.97 Å². The number of fused-ring (bicyclic) bond motifs is 3. The van der Waals surface area contributed by atoms with E-state index in [1.54, 1.807) is 6.92 Å². The number of ether oxygens (including phenoxy) is 1. The zero-order valence-electron chi connectivity index (χ0n) is 11.0. The summed E-state index contributed by atoms with van der Waals surface area (Å²) in [7, 11) is 1.37. The van der Waals surface area contributed by atoms with Crippen molar-refractivity contribution in [2.75, 3.05) is 7.11 Å². The molecular weight excluding hydrogens is 276 g/mol. The third-order valence-electron chi connectivity index (χ3n) is 2.95. The molecule has 2 heterocycles. The smallest absolute Gasteiger partial charge is 0.318 e. The summed E-state index contributed by atoms with van der Waals surface area (Å²) in [6.45, 7) is 1.77. The van der Waals surface area contributed by atoms with Crippen molar-refractivity contribution in [2.24, 2.45) is 0 Å². The molecular formula is C14H12N2O3S. The Morgan fingerprint density at radius 1 is 1.35 bits per heavy atom. The van der Waals surface area contributed by atoms with Gasteiger partial charge in [-0.05, 0) is 19.1 Å². The fourth-order valence-electron chi connectivity index (χ4n) is 1.97. The van der Waals surface area contributed by atoms with Crippen molar-refractivity contribution in [1.82, 2.24) is 9.97 Å². The molecule has 0 saturated carbocycles. The van der Waals surface area contributed by atoms with Gasteiger partial charge in [-0.3, -0.25) is 4.79 Å². The summed E-state index contributed by atoms with van der Waals surface area (Å²) in [5.41, 5.74) is 2.13. The lowest BCUT2D eigenvalue weighted by Gasteiger charge is -2.07. The molecule has 0 unspecified atom stereocenters. The second-order valence-electron chi connectivity index (χ2n) is 4.24. The molecule has 1 aromatic carbocycles. The molecule has 0 bridgehead atoms. The molecule has 0 aliphatic heterocycles. The third-order valence-corrected chi connectivity index (χ3v) is 4.01. The van der Waals surface area contributed by atoms with Crippen LogP contribution in [0.3, 0.4) is 0 Å². The van der Waals surface area contributed by atoms with Crippen molar-refractivity contribution in [3.8, 4) is 0 Å². The summed E-state index contributed by atoms with van der Waals surface area (Å²) >= 11 is 1.30. The highest BCUT2D eigenvalue weighted by Gasteiger charge is 2.20. The van der Waals surface area contributed by atoms with Crippen LogP contribution in [0.15, 0.2) is 40.0 Å². The fraction of sp³-hybridized carbons (Fsp3) is 0.214. The van der Waals surface area contributed by atoms with Gasteiger partial charge in [-0.2, -0.15) is 0 Å². The van der Waals surface area contributed by atoms with Crippen LogP contribution in [-0.4, -0.2) is 28.3 Å². The minimum absolute atomic E-state index is 0.294. The molecule has 0 radical (unpaired) electrons. The summed E-state index contributed by atoms with van der Waals surface area (Å²) in [5, 5.41) is 1.23. The van der Waals surface area contributed by atoms with Crippen molar-refractivity contribution >= 4 is 39.8 Å². The number of methoxy groups -OCH3 is 1. The van der Waals surface area contributed by atoms with Crippen LogP contribution in [0.25, 0.3) is 22.1 Å². The Bertz CT molecular complexity index is 784. The highest BCUT2D eigenvalue weighted by atomic mass is 32.2. The van der Waals surface area contributed by atoms with Crippen LogP contribution < -0.4 is 0 Å². The Hall–Kier alpha value is -2.08. The van der Waals surface area contributed by atoms with Crippen molar-refractivity contribution in [1.29, 1.82) is 0 Å². The molecule has 1 atom stereocenters. The molecule has 3 aromatic rings. The lowest BCUT2D eigenvalue weighted by Crippen LogP contribution is -2.14. The van der Waals surface area contributed by atoms with Gasteiger partial charge in [0.15, 0.2) is 5.58 Å². The molecule has 6 heteroatoms. The number of hydrogen-bond acceptors (Lipinski definition) is 6. The van der Waals surface area contributed by atoms with Gasteiger partial charge < -0.3 is 9.15 Å². The van der Waals surface area contributed by atoms with Crippen LogP contribution in [0.4, 0.5) is 0 Å². The number of thioether (sulfide) groups is 1. The van der Waals surface area contributed by atoms with Gasteiger partial charge in [0.05, 0.1) is 7.11 Å². The van der Waals surface area contributed by atoms with Crippen molar-refractivity contribution in [3.05, 3.63) is 30.6 Å². The van der Waals surface area contributed by atoms with Crippen LogP contribution in [-0.2, 0) is 9.53 Å². The number of furan rings is 1. The van der Waals surface area contributed by atoms with Crippen LogP contribution in [0, 0.1) is 0 Å². The van der Waals surface area contributed by atoms with E-state index in [0.29, 0.717) is 10.6 Å². The maximum absolute atomic E-state index is 11.5. The van der Waals surface area contributed by atoms with E-state index < -0.39 is 0 Å². The Morgan fingerprint density at radius 2 is 2.15 bits per heavy atom. The van der Waals surface area contributed by atoms with Crippen molar-refractivity contribution in [2.45, 2.75) is 17.2 Å². The van der Waals surface area contributed by atoms with Gasteiger partial charge in [-0.1, -0.05) is 23.9 Å². The van der Waals surface area contributed by atoms with Crippen molar-refractivity contribution < 1.29 is 13.9 Å². The molecule has 0 saturated heterocycles. The van der Waals surface area contributed by atoms with Gasteiger partial charge >= 0.3 is 5.97 Å². The zero-order chi connectivity index (χ0) is 14.1. The van der Waals surface area contributed by atoms with Gasteiger partial charge in [0, 0.05) is 5.39 Å². The quantitative estimate of drug-likeness (QED) is 0.419. The lowest BCUT2D eigenvalue weighted by molar-refractivity contribution is -0.139. The summed E-state index contributed by atoms with van der Waals surface area (Å²) in [5.74, 6) is -0.294. The number of para-hydroxylation sites is 1.